The zero-order valence-electron chi connectivity index (χ0n) is 17.4. The fourth-order valence-electron chi connectivity index (χ4n) is 3.66. The smallest absolute Gasteiger partial charge is 0.325 e. The second-order valence-electron chi connectivity index (χ2n) is 7.64. The predicted molar refractivity (Wildman–Crippen MR) is 117 cm³/mol. The number of aromatic nitrogens is 3. The molecular formula is C21H21BN4O5S. The number of hydrogen-bond donors (Lipinski definition) is 2. The number of sulfonamides is 1. The van der Waals surface area contributed by atoms with E-state index in [4.69, 9.17) is 17.7 Å². The molecule has 0 aliphatic heterocycles. The van der Waals surface area contributed by atoms with Crippen molar-refractivity contribution in [1.82, 2.24) is 19.5 Å². The third-order valence-electron chi connectivity index (χ3n) is 5.24. The number of carboxylic acid groups (broad SMARTS) is 1. The first-order chi connectivity index (χ1) is 15.2. The molecule has 0 fully saturated rings. The first-order valence-corrected chi connectivity index (χ1v) is 11.5. The number of ether oxygens (including phenoxy) is 1. The van der Waals surface area contributed by atoms with Crippen LogP contribution in [0.1, 0.15) is 35.7 Å². The Morgan fingerprint density at radius 1 is 1.31 bits per heavy atom. The van der Waals surface area contributed by atoms with Crippen LogP contribution in [0, 0.1) is 6.92 Å². The molecule has 11 heteroatoms. The van der Waals surface area contributed by atoms with Gasteiger partial charge in [-0.2, -0.15) is 5.10 Å². The van der Waals surface area contributed by atoms with Crippen LogP contribution in [0.2, 0.25) is 0 Å². The predicted octanol–water partition coefficient (Wildman–Crippen LogP) is 1.61. The van der Waals surface area contributed by atoms with Gasteiger partial charge in [-0.05, 0) is 49.8 Å². The second kappa shape index (κ2) is 8.75. The summed E-state index contributed by atoms with van der Waals surface area (Å²) in [4.78, 5) is 15.0. The van der Waals surface area contributed by atoms with Gasteiger partial charge in [0.1, 0.15) is 20.1 Å². The van der Waals surface area contributed by atoms with Crippen LogP contribution in [0.4, 0.5) is 0 Å². The monoisotopic (exact) mass is 452 g/mol. The number of hydrogen-bond acceptors (Lipinski definition) is 6. The molecule has 3 aromatic rings. The first kappa shape index (κ1) is 22.0. The molecule has 1 atom stereocenters. The molecule has 1 unspecified atom stereocenters. The van der Waals surface area contributed by atoms with E-state index in [1.54, 1.807) is 12.1 Å². The zero-order chi connectivity index (χ0) is 22.9. The zero-order valence-corrected chi connectivity index (χ0v) is 18.2. The van der Waals surface area contributed by atoms with Crippen molar-refractivity contribution in [1.29, 1.82) is 0 Å². The van der Waals surface area contributed by atoms with Gasteiger partial charge in [-0.25, -0.2) is 18.1 Å². The van der Waals surface area contributed by atoms with E-state index in [9.17, 15) is 13.2 Å². The minimum Gasteiger partial charge on any atom is -0.480 e. The first-order valence-electron chi connectivity index (χ1n) is 10.0. The van der Waals surface area contributed by atoms with Crippen LogP contribution in [-0.4, -0.2) is 42.1 Å². The molecule has 2 aromatic heterocycles. The van der Waals surface area contributed by atoms with Crippen molar-refractivity contribution in [3.63, 3.8) is 0 Å². The summed E-state index contributed by atoms with van der Waals surface area (Å²) in [7, 11) is 2.07. The van der Waals surface area contributed by atoms with Crippen molar-refractivity contribution >= 4 is 29.3 Å². The lowest BCUT2D eigenvalue weighted by Crippen LogP contribution is -2.32. The summed E-state index contributed by atoms with van der Waals surface area (Å²) in [6.07, 6.45) is 4.63. The minimum atomic E-state index is -3.94. The third-order valence-corrected chi connectivity index (χ3v) is 6.68. The molecule has 2 radical (unpaired) electrons. The van der Waals surface area contributed by atoms with Crippen LogP contribution in [-0.2, 0) is 27.8 Å². The standard InChI is InChI=1S/C21H21BN4O5S/c1-13-5-7-14(8-6-13)31-21-17(22)9-15(10-23-21)32(29,30)25-18-3-2-4-19-16(18)11-24-26(19)12-20(27)28/h5-11,18,25H,2-4,12H2,1H3,(H,27,28). The number of nitrogens with zero attached hydrogens (tertiary/aromatic N) is 3. The Morgan fingerprint density at radius 3 is 2.75 bits per heavy atom. The molecule has 2 N–H and O–H groups in total. The van der Waals surface area contributed by atoms with Crippen LogP contribution in [0.3, 0.4) is 0 Å². The van der Waals surface area contributed by atoms with E-state index in [0.29, 0.717) is 30.6 Å². The van der Waals surface area contributed by atoms with Gasteiger partial charge in [0.15, 0.2) is 0 Å². The number of carbonyl (C=O) groups is 1. The summed E-state index contributed by atoms with van der Waals surface area (Å²) in [5, 5.41) is 13.2. The molecular weight excluding hydrogens is 431 g/mol. The van der Waals surface area contributed by atoms with Gasteiger partial charge >= 0.3 is 5.97 Å². The maximum Gasteiger partial charge on any atom is 0.325 e. The summed E-state index contributed by atoms with van der Waals surface area (Å²) in [5.41, 5.74) is 2.57. The maximum absolute atomic E-state index is 13.0. The number of nitrogens with one attached hydrogen (secondary N) is 1. The van der Waals surface area contributed by atoms with Gasteiger partial charge in [-0.15, -0.1) is 0 Å². The highest BCUT2D eigenvalue weighted by molar-refractivity contribution is 7.89. The molecule has 2 heterocycles. The lowest BCUT2D eigenvalue weighted by molar-refractivity contribution is -0.137. The number of pyridine rings is 1. The molecule has 4 rings (SSSR count). The highest BCUT2D eigenvalue weighted by atomic mass is 32.2. The number of aliphatic carboxylic acids is 1. The van der Waals surface area contributed by atoms with Gasteiger partial charge in [0.05, 0.1) is 23.3 Å². The maximum atomic E-state index is 13.0. The van der Waals surface area contributed by atoms with Crippen LogP contribution in [0.25, 0.3) is 0 Å². The van der Waals surface area contributed by atoms with Gasteiger partial charge in [0.25, 0.3) is 0 Å². The van der Waals surface area contributed by atoms with Crippen LogP contribution < -0.4 is 14.9 Å². The van der Waals surface area contributed by atoms with Crippen molar-refractivity contribution in [2.45, 2.75) is 43.7 Å². The van der Waals surface area contributed by atoms with E-state index in [2.05, 4.69) is 14.8 Å². The topological polar surface area (TPSA) is 123 Å². The van der Waals surface area contributed by atoms with Crippen molar-refractivity contribution < 1.29 is 23.1 Å². The number of carboxylic acids is 1. The van der Waals surface area contributed by atoms with Crippen LogP contribution >= 0.6 is 0 Å². The molecule has 32 heavy (non-hydrogen) atoms. The lowest BCUT2D eigenvalue weighted by Gasteiger charge is -2.24. The highest BCUT2D eigenvalue weighted by Crippen LogP contribution is 2.31. The fraction of sp³-hybridized carbons (Fsp3) is 0.286. The molecule has 0 saturated heterocycles. The normalized spacial score (nSPS) is 15.8. The molecule has 0 spiro atoms. The molecule has 1 aliphatic rings. The highest BCUT2D eigenvalue weighted by Gasteiger charge is 2.29. The van der Waals surface area contributed by atoms with Crippen molar-refractivity contribution in [2.24, 2.45) is 0 Å². The summed E-state index contributed by atoms with van der Waals surface area (Å²) >= 11 is 0. The Labute approximate surface area is 186 Å². The fourth-order valence-corrected chi connectivity index (χ4v) is 4.89. The third kappa shape index (κ3) is 4.68. The van der Waals surface area contributed by atoms with E-state index in [-0.39, 0.29) is 22.8 Å². The SMILES string of the molecule is [B]c1cc(S(=O)(=O)NC2CCCc3c2cnn3CC(=O)O)cnc1Oc1ccc(C)cc1. The summed E-state index contributed by atoms with van der Waals surface area (Å²) in [5.74, 6) is -0.354. The number of rotatable bonds is 7. The summed E-state index contributed by atoms with van der Waals surface area (Å²) in [6, 6.07) is 8.09. The van der Waals surface area contributed by atoms with E-state index in [0.717, 1.165) is 11.3 Å². The Morgan fingerprint density at radius 2 is 2.06 bits per heavy atom. The number of fused-ring (bicyclic) bond motifs is 1. The van der Waals surface area contributed by atoms with Gasteiger partial charge in [-0.3, -0.25) is 9.48 Å². The van der Waals surface area contributed by atoms with Crippen molar-refractivity contribution in [2.75, 3.05) is 0 Å². The lowest BCUT2D eigenvalue weighted by atomic mass is 9.94. The van der Waals surface area contributed by atoms with Gasteiger partial charge in [0.2, 0.25) is 15.9 Å². The van der Waals surface area contributed by atoms with E-state index in [1.807, 2.05) is 19.1 Å². The molecule has 9 nitrogen and oxygen atoms in total. The summed E-state index contributed by atoms with van der Waals surface area (Å²) in [6.45, 7) is 1.69. The number of benzene rings is 1. The van der Waals surface area contributed by atoms with E-state index >= 15 is 0 Å². The Balaban J connectivity index is 1.53. The van der Waals surface area contributed by atoms with Gasteiger partial charge in [-0.1, -0.05) is 17.7 Å². The molecule has 0 amide bonds. The summed E-state index contributed by atoms with van der Waals surface area (Å²) < 4.78 is 35.7. The molecule has 0 bridgehead atoms. The van der Waals surface area contributed by atoms with Gasteiger partial charge < -0.3 is 9.84 Å². The number of aryl methyl sites for hydroxylation is 1. The molecule has 0 saturated carbocycles. The molecule has 1 aromatic carbocycles. The second-order valence-corrected chi connectivity index (χ2v) is 9.36. The Kier molecular flexibility index (Phi) is 6.03. The Bertz CT molecular complexity index is 1260. The minimum absolute atomic E-state index is 0.0868. The van der Waals surface area contributed by atoms with Crippen LogP contribution in [0.5, 0.6) is 11.6 Å². The quantitative estimate of drug-likeness (QED) is 0.522. The molecule has 164 valence electrons. The van der Waals surface area contributed by atoms with Crippen molar-refractivity contribution in [3.8, 4) is 11.6 Å². The van der Waals surface area contributed by atoms with E-state index < -0.39 is 22.0 Å². The largest absolute Gasteiger partial charge is 0.480 e. The van der Waals surface area contributed by atoms with E-state index in [1.165, 1.54) is 23.1 Å². The van der Waals surface area contributed by atoms with Crippen molar-refractivity contribution in [3.05, 3.63) is 59.5 Å². The van der Waals surface area contributed by atoms with Crippen LogP contribution in [0.15, 0.2) is 47.6 Å². The Hall–Kier alpha value is -3.18. The average Bonchev–Trinajstić information content (AvgIpc) is 3.14. The average molecular weight is 452 g/mol. The molecule has 1 aliphatic carbocycles. The van der Waals surface area contributed by atoms with Gasteiger partial charge in [0, 0.05) is 11.3 Å².